The van der Waals surface area contributed by atoms with Crippen LogP contribution in [0.25, 0.3) is 0 Å². The molecule has 17 heavy (non-hydrogen) atoms. The number of pyridine rings is 1. The minimum Gasteiger partial charge on any atom is -0.370 e. The van der Waals surface area contributed by atoms with Crippen molar-refractivity contribution in [1.29, 1.82) is 0 Å². The highest BCUT2D eigenvalue weighted by Crippen LogP contribution is 2.10. The summed E-state index contributed by atoms with van der Waals surface area (Å²) in [4.78, 5) is 15.3. The van der Waals surface area contributed by atoms with Gasteiger partial charge in [-0.15, -0.1) is 0 Å². The lowest BCUT2D eigenvalue weighted by Gasteiger charge is -2.22. The van der Waals surface area contributed by atoms with Gasteiger partial charge in [-0.2, -0.15) is 0 Å². The Balaban J connectivity index is 1.87. The zero-order chi connectivity index (χ0) is 12.1. The molecule has 0 spiro atoms. The molecule has 0 atom stereocenters. The van der Waals surface area contributed by atoms with E-state index in [9.17, 15) is 9.18 Å². The molecule has 2 rings (SSSR count). The van der Waals surface area contributed by atoms with Crippen molar-refractivity contribution in [3.63, 3.8) is 0 Å². The number of carbonyl (C=O) groups is 1. The number of carbonyl (C=O) groups excluding carboxylic acids is 1. The Morgan fingerprint density at radius 3 is 3.00 bits per heavy atom. The van der Waals surface area contributed by atoms with E-state index < -0.39 is 5.82 Å². The van der Waals surface area contributed by atoms with Gasteiger partial charge in [0.05, 0.1) is 17.9 Å². The first-order valence-electron chi connectivity index (χ1n) is 5.72. The van der Waals surface area contributed by atoms with Crippen LogP contribution in [0.3, 0.4) is 0 Å². The molecule has 5 heteroatoms. The van der Waals surface area contributed by atoms with E-state index in [4.69, 9.17) is 4.74 Å². The highest BCUT2D eigenvalue weighted by atomic mass is 19.1. The smallest absolute Gasteiger partial charge is 0.191 e. The van der Waals surface area contributed by atoms with Crippen LogP contribution in [-0.4, -0.2) is 36.6 Å². The first-order valence-corrected chi connectivity index (χ1v) is 5.72. The number of aromatic nitrogens is 1. The van der Waals surface area contributed by atoms with Gasteiger partial charge in [-0.25, -0.2) is 4.39 Å². The van der Waals surface area contributed by atoms with Crippen molar-refractivity contribution in [3.05, 3.63) is 29.8 Å². The summed E-state index contributed by atoms with van der Waals surface area (Å²) in [7, 11) is 0. The van der Waals surface area contributed by atoms with Crippen LogP contribution in [0, 0.1) is 5.82 Å². The molecule has 0 aliphatic carbocycles. The van der Waals surface area contributed by atoms with Crippen LogP contribution >= 0.6 is 0 Å². The van der Waals surface area contributed by atoms with Crippen LogP contribution in [-0.2, 0) is 4.74 Å². The summed E-state index contributed by atoms with van der Waals surface area (Å²) < 4.78 is 18.7. The van der Waals surface area contributed by atoms with Crippen LogP contribution < -0.4 is 5.32 Å². The molecule has 1 N–H and O–H groups in total. The van der Waals surface area contributed by atoms with Gasteiger partial charge >= 0.3 is 0 Å². The van der Waals surface area contributed by atoms with Gasteiger partial charge < -0.3 is 10.1 Å². The van der Waals surface area contributed by atoms with Crippen molar-refractivity contribution in [3.8, 4) is 0 Å². The van der Waals surface area contributed by atoms with Gasteiger partial charge in [-0.05, 0) is 32.0 Å². The Kier molecular flexibility index (Phi) is 4.17. The summed E-state index contributed by atoms with van der Waals surface area (Å²) >= 11 is 0. The van der Waals surface area contributed by atoms with Gasteiger partial charge in [0.2, 0.25) is 0 Å². The molecule has 0 bridgehead atoms. The molecule has 1 aromatic heterocycles. The van der Waals surface area contributed by atoms with Crippen LogP contribution in [0.15, 0.2) is 18.5 Å². The molecule has 1 saturated heterocycles. The van der Waals surface area contributed by atoms with E-state index in [0.717, 1.165) is 32.1 Å². The Hall–Kier alpha value is -1.33. The normalized spacial score (nSPS) is 17.0. The zero-order valence-corrected chi connectivity index (χ0v) is 9.49. The monoisotopic (exact) mass is 238 g/mol. The predicted octanol–water partition coefficient (Wildman–Crippen LogP) is 1.17. The Morgan fingerprint density at radius 2 is 2.29 bits per heavy atom. The number of Topliss-reactive ketones (excluding diaryl/α,β-unsaturated/α-hetero) is 1. The molecule has 0 saturated carbocycles. The lowest BCUT2D eigenvalue weighted by atomic mass is 10.1. The summed E-state index contributed by atoms with van der Waals surface area (Å²) in [6, 6.07) is 1.38. The number of hydrogen-bond acceptors (Lipinski definition) is 4. The van der Waals surface area contributed by atoms with Gasteiger partial charge in [0, 0.05) is 6.20 Å². The van der Waals surface area contributed by atoms with E-state index in [1.807, 2.05) is 0 Å². The van der Waals surface area contributed by atoms with E-state index in [1.165, 1.54) is 12.3 Å². The average Bonchev–Trinajstić information content (AvgIpc) is 2.38. The molecule has 0 amide bonds. The number of nitrogens with one attached hydrogen (secondary N) is 1. The fraction of sp³-hybridized carbons (Fsp3) is 0.500. The number of hydrogen-bond donors (Lipinski definition) is 1. The molecule has 1 aliphatic heterocycles. The average molecular weight is 238 g/mol. The number of piperidine rings is 1. The Morgan fingerprint density at radius 1 is 1.53 bits per heavy atom. The molecule has 92 valence electrons. The Labute approximate surface area is 99.2 Å². The highest BCUT2D eigenvalue weighted by molar-refractivity contribution is 5.97. The summed E-state index contributed by atoms with van der Waals surface area (Å²) in [6.45, 7) is 1.75. The third-order valence-corrected chi connectivity index (χ3v) is 2.81. The van der Waals surface area contributed by atoms with E-state index in [2.05, 4.69) is 10.3 Å². The molecule has 2 heterocycles. The molecule has 1 aromatic rings. The van der Waals surface area contributed by atoms with Gasteiger partial charge in [0.25, 0.3) is 0 Å². The summed E-state index contributed by atoms with van der Waals surface area (Å²) in [6.07, 6.45) is 4.33. The molecule has 4 nitrogen and oxygen atoms in total. The third-order valence-electron chi connectivity index (χ3n) is 2.81. The number of ketones is 1. The largest absolute Gasteiger partial charge is 0.370 e. The second kappa shape index (κ2) is 5.84. The lowest BCUT2D eigenvalue weighted by Crippen LogP contribution is -2.33. The van der Waals surface area contributed by atoms with Crippen molar-refractivity contribution in [2.24, 2.45) is 0 Å². The standard InChI is InChI=1S/C12H15FN2O2/c13-11-7-15-6-3-10(11)12(16)8-17-9-1-4-14-5-2-9/h3,6-7,9,14H,1-2,4-5,8H2. The van der Waals surface area contributed by atoms with Crippen LogP contribution in [0.4, 0.5) is 4.39 Å². The lowest BCUT2D eigenvalue weighted by molar-refractivity contribution is 0.0315. The van der Waals surface area contributed by atoms with Gasteiger partial charge in [0.15, 0.2) is 11.6 Å². The first kappa shape index (κ1) is 12.1. The van der Waals surface area contributed by atoms with Crippen molar-refractivity contribution >= 4 is 5.78 Å². The van der Waals surface area contributed by atoms with Crippen molar-refractivity contribution in [2.45, 2.75) is 18.9 Å². The quantitative estimate of drug-likeness (QED) is 0.800. The van der Waals surface area contributed by atoms with Crippen molar-refractivity contribution in [2.75, 3.05) is 19.7 Å². The zero-order valence-electron chi connectivity index (χ0n) is 9.49. The van der Waals surface area contributed by atoms with Crippen molar-refractivity contribution in [1.82, 2.24) is 10.3 Å². The minimum atomic E-state index is -0.591. The SMILES string of the molecule is O=C(COC1CCNCC1)c1ccncc1F. The van der Waals surface area contributed by atoms with E-state index in [0.29, 0.717) is 0 Å². The topological polar surface area (TPSA) is 51.2 Å². The highest BCUT2D eigenvalue weighted by Gasteiger charge is 2.17. The maximum atomic E-state index is 13.3. The minimum absolute atomic E-state index is 0.0499. The van der Waals surface area contributed by atoms with Crippen LogP contribution in [0.1, 0.15) is 23.2 Å². The summed E-state index contributed by atoms with van der Waals surface area (Å²) in [5, 5.41) is 3.21. The van der Waals surface area contributed by atoms with E-state index >= 15 is 0 Å². The van der Waals surface area contributed by atoms with Crippen LogP contribution in [0.5, 0.6) is 0 Å². The molecule has 0 aromatic carbocycles. The third kappa shape index (κ3) is 3.31. The summed E-state index contributed by atoms with van der Waals surface area (Å²) in [5.74, 6) is -0.921. The maximum absolute atomic E-state index is 13.3. The number of ether oxygens (including phenoxy) is 1. The van der Waals surface area contributed by atoms with Gasteiger partial charge in [-0.3, -0.25) is 9.78 Å². The molecule has 0 radical (unpaired) electrons. The molecular formula is C12H15FN2O2. The van der Waals surface area contributed by atoms with E-state index in [-0.39, 0.29) is 24.1 Å². The van der Waals surface area contributed by atoms with Crippen LogP contribution in [0.2, 0.25) is 0 Å². The first-order chi connectivity index (χ1) is 8.27. The van der Waals surface area contributed by atoms with Crippen molar-refractivity contribution < 1.29 is 13.9 Å². The fourth-order valence-corrected chi connectivity index (χ4v) is 1.83. The second-order valence-corrected chi connectivity index (χ2v) is 4.04. The Bertz CT molecular complexity index is 392. The molecule has 1 aliphatic rings. The number of rotatable bonds is 4. The summed E-state index contributed by atoms with van der Waals surface area (Å²) in [5.41, 5.74) is 0.0499. The predicted molar refractivity (Wildman–Crippen MR) is 60.4 cm³/mol. The maximum Gasteiger partial charge on any atom is 0.191 e. The van der Waals surface area contributed by atoms with Gasteiger partial charge in [0.1, 0.15) is 6.61 Å². The number of nitrogens with zero attached hydrogens (tertiary/aromatic N) is 1. The molecule has 0 unspecified atom stereocenters. The van der Waals surface area contributed by atoms with Gasteiger partial charge in [-0.1, -0.05) is 0 Å². The van der Waals surface area contributed by atoms with E-state index in [1.54, 1.807) is 0 Å². The molecule has 1 fully saturated rings. The molecular weight excluding hydrogens is 223 g/mol. The fourth-order valence-electron chi connectivity index (χ4n) is 1.83. The number of halogens is 1. The second-order valence-electron chi connectivity index (χ2n) is 4.04.